The molecule has 0 aliphatic heterocycles. The Labute approximate surface area is 161 Å². The van der Waals surface area contributed by atoms with Gasteiger partial charge in [-0.15, -0.1) is 0 Å². The second-order valence-electron chi connectivity index (χ2n) is 7.40. The first kappa shape index (κ1) is 21.2. The third kappa shape index (κ3) is 7.21. The fourth-order valence-corrected chi connectivity index (χ4v) is 2.62. The number of ether oxygens (including phenoxy) is 3. The van der Waals surface area contributed by atoms with Crippen molar-refractivity contribution in [3.8, 4) is 5.75 Å². The van der Waals surface area contributed by atoms with E-state index < -0.39 is 12.1 Å². The first-order chi connectivity index (χ1) is 12.9. The monoisotopic (exact) mass is 377 g/mol. The summed E-state index contributed by atoms with van der Waals surface area (Å²) < 4.78 is 15.8. The van der Waals surface area contributed by atoms with E-state index in [9.17, 15) is 9.59 Å². The van der Waals surface area contributed by atoms with Crippen LogP contribution in [0.3, 0.4) is 0 Å². The predicted octanol–water partition coefficient (Wildman–Crippen LogP) is 3.18. The van der Waals surface area contributed by atoms with E-state index >= 15 is 0 Å². The van der Waals surface area contributed by atoms with Crippen molar-refractivity contribution in [3.05, 3.63) is 29.8 Å². The molecule has 2 rings (SSSR count). The molecule has 1 saturated carbocycles. The zero-order valence-corrected chi connectivity index (χ0v) is 16.8. The average molecular weight is 377 g/mol. The van der Waals surface area contributed by atoms with Crippen LogP contribution in [0.1, 0.15) is 45.6 Å². The van der Waals surface area contributed by atoms with Gasteiger partial charge in [-0.3, -0.25) is 4.79 Å². The molecule has 0 saturated heterocycles. The van der Waals surface area contributed by atoms with Crippen LogP contribution in [-0.2, 0) is 25.6 Å². The van der Waals surface area contributed by atoms with Crippen LogP contribution in [0.2, 0.25) is 0 Å². The Kier molecular flexibility index (Phi) is 8.10. The number of carbonyl (C=O) groups is 2. The Bertz CT molecular complexity index is 610. The Morgan fingerprint density at radius 2 is 1.81 bits per heavy atom. The molecule has 6 heteroatoms. The number of methoxy groups -OCH3 is 1. The molecule has 27 heavy (non-hydrogen) atoms. The summed E-state index contributed by atoms with van der Waals surface area (Å²) >= 11 is 0. The SMILES string of the molecule is COc1ccc(CN(C(=O)COC(=O)C(C)OCCC(C)C)C2CC2)cc1. The van der Waals surface area contributed by atoms with E-state index in [0.717, 1.165) is 30.6 Å². The molecule has 0 aromatic heterocycles. The van der Waals surface area contributed by atoms with Crippen LogP contribution in [0, 0.1) is 5.92 Å². The van der Waals surface area contributed by atoms with Crippen molar-refractivity contribution in [1.29, 1.82) is 0 Å². The van der Waals surface area contributed by atoms with Gasteiger partial charge in [-0.1, -0.05) is 26.0 Å². The van der Waals surface area contributed by atoms with Crippen LogP contribution in [0.25, 0.3) is 0 Å². The number of hydrogen-bond donors (Lipinski definition) is 0. The number of benzene rings is 1. The van der Waals surface area contributed by atoms with E-state index in [-0.39, 0.29) is 18.6 Å². The summed E-state index contributed by atoms with van der Waals surface area (Å²) in [4.78, 5) is 26.4. The van der Waals surface area contributed by atoms with Gasteiger partial charge in [-0.2, -0.15) is 0 Å². The van der Waals surface area contributed by atoms with Crippen molar-refractivity contribution in [3.63, 3.8) is 0 Å². The molecule has 1 aromatic carbocycles. The zero-order valence-electron chi connectivity index (χ0n) is 16.8. The summed E-state index contributed by atoms with van der Waals surface area (Å²) in [5, 5.41) is 0. The lowest BCUT2D eigenvalue weighted by Crippen LogP contribution is -2.37. The molecular weight excluding hydrogens is 346 g/mol. The largest absolute Gasteiger partial charge is 0.497 e. The van der Waals surface area contributed by atoms with Crippen molar-refractivity contribution in [2.75, 3.05) is 20.3 Å². The van der Waals surface area contributed by atoms with Crippen molar-refractivity contribution in [1.82, 2.24) is 4.90 Å². The second-order valence-corrected chi connectivity index (χ2v) is 7.40. The van der Waals surface area contributed by atoms with Gasteiger partial charge in [-0.05, 0) is 49.8 Å². The molecular formula is C21H31NO5. The van der Waals surface area contributed by atoms with E-state index in [1.807, 2.05) is 24.3 Å². The van der Waals surface area contributed by atoms with Crippen LogP contribution in [-0.4, -0.2) is 49.2 Å². The molecule has 1 atom stereocenters. The molecule has 1 aromatic rings. The highest BCUT2D eigenvalue weighted by molar-refractivity contribution is 5.82. The molecule has 0 bridgehead atoms. The summed E-state index contributed by atoms with van der Waals surface area (Å²) in [5.74, 6) is 0.631. The van der Waals surface area contributed by atoms with Crippen LogP contribution in [0.4, 0.5) is 0 Å². The minimum absolute atomic E-state index is 0.170. The summed E-state index contributed by atoms with van der Waals surface area (Å²) in [6.07, 6.45) is 2.20. The zero-order chi connectivity index (χ0) is 19.8. The molecule has 0 radical (unpaired) electrons. The third-order valence-corrected chi connectivity index (χ3v) is 4.55. The predicted molar refractivity (Wildman–Crippen MR) is 102 cm³/mol. The fraction of sp³-hybridized carbons (Fsp3) is 0.619. The smallest absolute Gasteiger partial charge is 0.335 e. The van der Waals surface area contributed by atoms with E-state index in [4.69, 9.17) is 14.2 Å². The molecule has 0 N–H and O–H groups in total. The van der Waals surface area contributed by atoms with Gasteiger partial charge in [0.05, 0.1) is 7.11 Å². The highest BCUT2D eigenvalue weighted by atomic mass is 16.6. The standard InChI is InChI=1S/C21H31NO5/c1-15(2)11-12-26-16(3)21(24)27-14-20(23)22(18-7-8-18)13-17-5-9-19(25-4)10-6-17/h5-6,9-10,15-16,18H,7-8,11-14H2,1-4H3. The maximum absolute atomic E-state index is 12.6. The lowest BCUT2D eigenvalue weighted by atomic mass is 10.1. The molecule has 1 aliphatic rings. The van der Waals surface area contributed by atoms with E-state index in [1.54, 1.807) is 18.9 Å². The highest BCUT2D eigenvalue weighted by Gasteiger charge is 2.33. The Hall–Kier alpha value is -2.08. The van der Waals surface area contributed by atoms with E-state index in [1.165, 1.54) is 0 Å². The first-order valence-corrected chi connectivity index (χ1v) is 9.61. The Morgan fingerprint density at radius 3 is 2.37 bits per heavy atom. The summed E-state index contributed by atoms with van der Waals surface area (Å²) in [6, 6.07) is 7.87. The van der Waals surface area contributed by atoms with E-state index in [0.29, 0.717) is 19.1 Å². The van der Waals surface area contributed by atoms with Gasteiger partial charge in [0.25, 0.3) is 5.91 Å². The molecule has 1 unspecified atom stereocenters. The summed E-state index contributed by atoms with van der Waals surface area (Å²) in [5.41, 5.74) is 1.02. The Balaban J connectivity index is 1.81. The van der Waals surface area contributed by atoms with Crippen LogP contribution >= 0.6 is 0 Å². The maximum Gasteiger partial charge on any atom is 0.335 e. The fourth-order valence-electron chi connectivity index (χ4n) is 2.62. The van der Waals surface area contributed by atoms with Gasteiger partial charge in [0.1, 0.15) is 5.75 Å². The third-order valence-electron chi connectivity index (χ3n) is 4.55. The number of nitrogens with zero attached hydrogens (tertiary/aromatic N) is 1. The van der Waals surface area contributed by atoms with Crippen LogP contribution in [0.5, 0.6) is 5.75 Å². The number of rotatable bonds is 11. The molecule has 6 nitrogen and oxygen atoms in total. The molecule has 0 heterocycles. The quantitative estimate of drug-likeness (QED) is 0.554. The van der Waals surface area contributed by atoms with E-state index in [2.05, 4.69) is 13.8 Å². The first-order valence-electron chi connectivity index (χ1n) is 9.61. The molecule has 1 amide bonds. The van der Waals surface area contributed by atoms with Gasteiger partial charge in [-0.25, -0.2) is 4.79 Å². The Morgan fingerprint density at radius 1 is 1.15 bits per heavy atom. The number of amides is 1. The van der Waals surface area contributed by atoms with Gasteiger partial charge in [0.15, 0.2) is 12.7 Å². The lowest BCUT2D eigenvalue weighted by molar-refractivity contribution is -0.161. The normalized spacial score (nSPS) is 14.7. The molecule has 1 aliphatic carbocycles. The number of esters is 1. The minimum Gasteiger partial charge on any atom is -0.497 e. The topological polar surface area (TPSA) is 65.1 Å². The molecule has 0 spiro atoms. The number of carbonyl (C=O) groups excluding carboxylic acids is 2. The number of hydrogen-bond acceptors (Lipinski definition) is 5. The molecule has 1 fully saturated rings. The highest BCUT2D eigenvalue weighted by Crippen LogP contribution is 2.28. The van der Waals surface area contributed by atoms with Crippen molar-refractivity contribution < 1.29 is 23.8 Å². The van der Waals surface area contributed by atoms with Crippen LogP contribution in [0.15, 0.2) is 24.3 Å². The van der Waals surface area contributed by atoms with Crippen molar-refractivity contribution >= 4 is 11.9 Å². The summed E-state index contributed by atoms with van der Waals surface area (Å²) in [7, 11) is 1.62. The average Bonchev–Trinajstić information content (AvgIpc) is 3.49. The van der Waals surface area contributed by atoms with Gasteiger partial charge >= 0.3 is 5.97 Å². The van der Waals surface area contributed by atoms with Crippen LogP contribution < -0.4 is 4.74 Å². The van der Waals surface area contributed by atoms with Crippen molar-refractivity contribution in [2.45, 2.75) is 58.7 Å². The lowest BCUT2D eigenvalue weighted by Gasteiger charge is -2.23. The second kappa shape index (κ2) is 10.3. The maximum atomic E-state index is 12.6. The van der Waals surface area contributed by atoms with Crippen molar-refractivity contribution in [2.24, 2.45) is 5.92 Å². The molecule has 150 valence electrons. The summed E-state index contributed by atoms with van der Waals surface area (Å²) in [6.45, 7) is 6.62. The van der Waals surface area contributed by atoms with Gasteiger partial charge in [0.2, 0.25) is 0 Å². The van der Waals surface area contributed by atoms with Gasteiger partial charge < -0.3 is 19.1 Å². The minimum atomic E-state index is -0.660. The van der Waals surface area contributed by atoms with Gasteiger partial charge in [0, 0.05) is 19.2 Å².